The molecule has 0 aromatic heterocycles. The summed E-state index contributed by atoms with van der Waals surface area (Å²) in [5, 5.41) is -2.49. The topological polar surface area (TPSA) is 0 Å². The van der Waals surface area contributed by atoms with Gasteiger partial charge < -0.3 is 0 Å². The average molecular weight is 528 g/mol. The summed E-state index contributed by atoms with van der Waals surface area (Å²) in [6.45, 7) is 14.5. The SMILES string of the molecule is CC[PH](CC)(CCC(C)(C)C1CCC(C[PH](Cl)(Cl)Cl)CC1)Cc1ccc(C(C)C)cc1. The first kappa shape index (κ1) is 28.2. The molecule has 0 spiro atoms. The summed E-state index contributed by atoms with van der Waals surface area (Å²) >= 11 is 18.6. The molecule has 1 aromatic carbocycles. The predicted molar refractivity (Wildman–Crippen MR) is 153 cm³/mol. The Balaban J connectivity index is 1.96. The third-order valence-corrected chi connectivity index (χ3v) is 16.4. The van der Waals surface area contributed by atoms with Gasteiger partial charge in [-0.1, -0.05) is 0 Å². The minimum atomic E-state index is -2.49. The van der Waals surface area contributed by atoms with Crippen molar-refractivity contribution in [2.75, 3.05) is 24.6 Å². The molecule has 0 radical (unpaired) electrons. The van der Waals surface area contributed by atoms with E-state index in [0.717, 1.165) is 12.1 Å². The van der Waals surface area contributed by atoms with Crippen LogP contribution in [0.25, 0.3) is 0 Å². The van der Waals surface area contributed by atoms with Crippen LogP contribution in [0.4, 0.5) is 0 Å². The molecule has 1 aliphatic rings. The van der Waals surface area contributed by atoms with Crippen molar-refractivity contribution in [1.82, 2.24) is 0 Å². The van der Waals surface area contributed by atoms with E-state index in [0.29, 0.717) is 17.3 Å². The summed E-state index contributed by atoms with van der Waals surface area (Å²) in [4.78, 5) is 0. The third-order valence-electron chi connectivity index (χ3n) is 8.50. The van der Waals surface area contributed by atoms with Gasteiger partial charge in [-0.3, -0.25) is 0 Å². The van der Waals surface area contributed by atoms with Crippen LogP contribution in [0.1, 0.15) is 90.7 Å². The Bertz CT molecular complexity index is 652. The van der Waals surface area contributed by atoms with Gasteiger partial charge in [0.2, 0.25) is 0 Å². The number of rotatable bonds is 11. The first-order chi connectivity index (χ1) is 14.4. The number of benzene rings is 1. The summed E-state index contributed by atoms with van der Waals surface area (Å²) in [5.41, 5.74) is 3.44. The molecule has 1 aromatic rings. The van der Waals surface area contributed by atoms with Crippen LogP contribution >= 0.6 is 46.3 Å². The van der Waals surface area contributed by atoms with Gasteiger partial charge in [0.15, 0.2) is 0 Å². The Morgan fingerprint density at radius 2 is 1.48 bits per heavy atom. The van der Waals surface area contributed by atoms with Crippen molar-refractivity contribution in [3.8, 4) is 0 Å². The molecule has 0 aliphatic heterocycles. The van der Waals surface area contributed by atoms with E-state index >= 15 is 0 Å². The molecule has 1 fully saturated rings. The summed E-state index contributed by atoms with van der Waals surface area (Å²) in [5.74, 6) is 2.08. The van der Waals surface area contributed by atoms with Gasteiger partial charge in [0, 0.05) is 0 Å². The average Bonchev–Trinajstić information content (AvgIpc) is 2.71. The second-order valence-corrected chi connectivity index (χ2v) is 25.8. The molecule has 0 bridgehead atoms. The molecule has 0 heterocycles. The van der Waals surface area contributed by atoms with Crippen LogP contribution in [0.15, 0.2) is 24.3 Å². The van der Waals surface area contributed by atoms with Gasteiger partial charge in [-0.05, 0) is 0 Å². The molecule has 0 atom stereocenters. The molecule has 0 N–H and O–H groups in total. The van der Waals surface area contributed by atoms with Crippen LogP contribution in [0.2, 0.25) is 0 Å². The monoisotopic (exact) mass is 526 g/mol. The molecule has 1 aliphatic carbocycles. The van der Waals surface area contributed by atoms with Crippen molar-refractivity contribution in [1.29, 1.82) is 0 Å². The fraction of sp³-hybridized carbons (Fsp3) is 0.769. The maximum absolute atomic E-state index is 6.19. The van der Waals surface area contributed by atoms with Crippen LogP contribution in [-0.4, -0.2) is 24.6 Å². The Morgan fingerprint density at radius 1 is 0.935 bits per heavy atom. The third kappa shape index (κ3) is 8.91. The van der Waals surface area contributed by atoms with Gasteiger partial charge in [0.1, 0.15) is 0 Å². The van der Waals surface area contributed by atoms with E-state index in [1.54, 1.807) is 5.56 Å². The Labute approximate surface area is 208 Å². The molecule has 0 saturated heterocycles. The standard InChI is InChI=1S/C26H47Cl3P2/c1-7-30(8-2,19-22-9-13-24(14-10-22)21(3)4)18-17-26(5,6)25-15-11-23(12-16-25)20-31(27,28)29/h9-10,13-14,21,23,25,30-31H,7-8,11-12,15-20H2,1-6H3. The number of hydrogen-bond donors (Lipinski definition) is 0. The van der Waals surface area contributed by atoms with Crippen molar-refractivity contribution in [3.05, 3.63) is 35.4 Å². The van der Waals surface area contributed by atoms with Gasteiger partial charge in [-0.25, -0.2) is 0 Å². The predicted octanol–water partition coefficient (Wildman–Crippen LogP) is 10.5. The van der Waals surface area contributed by atoms with Gasteiger partial charge in [-0.15, -0.1) is 0 Å². The second kappa shape index (κ2) is 12.1. The molecule has 0 amide bonds. The molecule has 0 unspecified atom stereocenters. The first-order valence-electron chi connectivity index (χ1n) is 12.6. The van der Waals surface area contributed by atoms with E-state index < -0.39 is 12.6 Å². The zero-order chi connectivity index (χ0) is 23.3. The summed E-state index contributed by atoms with van der Waals surface area (Å²) in [6, 6.07) is 9.52. The van der Waals surface area contributed by atoms with Crippen molar-refractivity contribution >= 4 is 46.3 Å². The summed E-state index contributed by atoms with van der Waals surface area (Å²) in [7, 11) is -1.29. The Morgan fingerprint density at radius 3 is 1.94 bits per heavy atom. The van der Waals surface area contributed by atoms with E-state index in [2.05, 4.69) is 65.8 Å². The van der Waals surface area contributed by atoms with E-state index in [9.17, 15) is 0 Å². The van der Waals surface area contributed by atoms with Crippen LogP contribution in [0.5, 0.6) is 0 Å². The van der Waals surface area contributed by atoms with E-state index in [1.807, 2.05) is 0 Å². The molecular formula is C26H47Cl3P2. The van der Waals surface area contributed by atoms with Crippen LogP contribution in [0.3, 0.4) is 0 Å². The van der Waals surface area contributed by atoms with Gasteiger partial charge in [0.05, 0.1) is 0 Å². The summed E-state index contributed by atoms with van der Waals surface area (Å²) in [6.07, 6.45) is 12.9. The van der Waals surface area contributed by atoms with E-state index in [-0.39, 0.29) is 0 Å². The first-order valence-corrected chi connectivity index (χ1v) is 20.6. The van der Waals surface area contributed by atoms with Gasteiger partial charge in [0.25, 0.3) is 0 Å². The molecular weight excluding hydrogens is 481 g/mol. The molecule has 1 saturated carbocycles. The fourth-order valence-corrected chi connectivity index (χ4v) is 12.8. The van der Waals surface area contributed by atoms with Crippen molar-refractivity contribution in [2.45, 2.75) is 85.7 Å². The van der Waals surface area contributed by atoms with E-state index in [4.69, 9.17) is 33.7 Å². The maximum atomic E-state index is 6.19. The molecule has 31 heavy (non-hydrogen) atoms. The molecule has 5 heteroatoms. The second-order valence-electron chi connectivity index (χ2n) is 11.3. The summed E-state index contributed by atoms with van der Waals surface area (Å²) < 4.78 is 0. The van der Waals surface area contributed by atoms with E-state index in [1.165, 1.54) is 62.3 Å². The van der Waals surface area contributed by atoms with Crippen molar-refractivity contribution in [2.24, 2.45) is 17.3 Å². The Kier molecular flexibility index (Phi) is 11.0. The Hall–Kier alpha value is 0.950. The zero-order valence-electron chi connectivity index (χ0n) is 20.7. The molecule has 0 nitrogen and oxygen atoms in total. The zero-order valence-corrected chi connectivity index (χ0v) is 25.0. The van der Waals surface area contributed by atoms with Crippen LogP contribution in [0, 0.1) is 17.3 Å². The van der Waals surface area contributed by atoms with Crippen LogP contribution < -0.4 is 0 Å². The van der Waals surface area contributed by atoms with Crippen molar-refractivity contribution < 1.29 is 0 Å². The van der Waals surface area contributed by atoms with Gasteiger partial charge >= 0.3 is 209 Å². The molecule has 182 valence electrons. The number of hydrogen-bond acceptors (Lipinski definition) is 0. The van der Waals surface area contributed by atoms with Gasteiger partial charge in [-0.2, -0.15) is 0 Å². The van der Waals surface area contributed by atoms with Crippen LogP contribution in [-0.2, 0) is 6.16 Å². The van der Waals surface area contributed by atoms with Crippen molar-refractivity contribution in [3.63, 3.8) is 0 Å². The quantitative estimate of drug-likeness (QED) is 0.251. The minimum absolute atomic E-state index is 0.423. The number of halogens is 3. The fourth-order valence-electron chi connectivity index (χ4n) is 5.66. The molecule has 2 rings (SSSR count). The normalized spacial score (nSPS) is 22.0.